The van der Waals surface area contributed by atoms with E-state index in [1.807, 2.05) is 0 Å². The zero-order valence-corrected chi connectivity index (χ0v) is 22.0. The number of nitrogens with one attached hydrogen (secondary N) is 1. The molecule has 3 N–H and O–H groups in total. The molecule has 6 heteroatoms. The molecule has 0 radical (unpaired) electrons. The van der Waals surface area contributed by atoms with E-state index in [9.17, 15) is 0 Å². The molecule has 1 unspecified atom stereocenters. The fraction of sp³-hybridized carbons (Fsp3) is 0.200. The third kappa shape index (κ3) is 4.23. The Morgan fingerprint density at radius 2 is 1.25 bits per heavy atom. The third-order valence-corrected chi connectivity index (χ3v) is 8.79. The number of nitrogens with two attached hydrogens (primary N) is 1. The van der Waals surface area contributed by atoms with E-state index in [-0.39, 0.29) is 6.04 Å². The van der Waals surface area contributed by atoms with E-state index in [1.54, 1.807) is 23.5 Å². The maximum absolute atomic E-state index is 6.20. The molecule has 2 aliphatic rings. The maximum atomic E-state index is 6.20. The molecule has 180 valence electrons. The van der Waals surface area contributed by atoms with Crippen LogP contribution in [-0.4, -0.2) is 16.6 Å². The maximum Gasteiger partial charge on any atom is 0.109 e. The molecular weight excluding hydrogens is 480 g/mol. The summed E-state index contributed by atoms with van der Waals surface area (Å²) in [6.45, 7) is 5.27. The minimum absolute atomic E-state index is 0.0791. The molecule has 0 amide bonds. The largest absolute Gasteiger partial charge is 0.385 e. The number of nitrogens with zero attached hydrogens (tertiary/aromatic N) is 2. The second-order valence-corrected chi connectivity index (χ2v) is 11.2. The first-order valence-electron chi connectivity index (χ1n) is 12.5. The van der Waals surface area contributed by atoms with Gasteiger partial charge in [-0.3, -0.25) is 0 Å². The molecule has 1 atom stereocenters. The van der Waals surface area contributed by atoms with Crippen molar-refractivity contribution in [2.24, 2.45) is 15.7 Å². The topological polar surface area (TPSA) is 62.8 Å². The van der Waals surface area contributed by atoms with Crippen LogP contribution in [-0.2, 0) is 0 Å². The summed E-state index contributed by atoms with van der Waals surface area (Å²) in [7, 11) is 0. The van der Waals surface area contributed by atoms with Crippen LogP contribution in [0.25, 0.3) is 10.8 Å². The van der Waals surface area contributed by atoms with Crippen molar-refractivity contribution in [3.05, 3.63) is 89.5 Å². The summed E-state index contributed by atoms with van der Waals surface area (Å²) >= 11 is 3.48. The van der Waals surface area contributed by atoms with Gasteiger partial charge in [-0.2, -0.15) is 0 Å². The molecule has 0 fully saturated rings. The average molecular weight is 509 g/mol. The van der Waals surface area contributed by atoms with Gasteiger partial charge in [-0.05, 0) is 54.8 Å². The Hall–Kier alpha value is -3.06. The van der Waals surface area contributed by atoms with Gasteiger partial charge in [0, 0.05) is 50.0 Å². The summed E-state index contributed by atoms with van der Waals surface area (Å²) in [6, 6.07) is 25.9. The SMILES string of the molecule is CCCNc1ccc(C2=Nc3ccc4c5c(ccc(c35)S2)N=C(c2ccc(C(N)CC)cc2)S4)cc1. The Morgan fingerprint density at radius 1 is 0.722 bits per heavy atom. The highest BCUT2D eigenvalue weighted by Gasteiger charge is 2.24. The van der Waals surface area contributed by atoms with Gasteiger partial charge in [-0.1, -0.05) is 73.8 Å². The number of benzene rings is 4. The van der Waals surface area contributed by atoms with Crippen LogP contribution in [0, 0.1) is 0 Å². The van der Waals surface area contributed by atoms with Crippen molar-refractivity contribution in [1.29, 1.82) is 0 Å². The Labute approximate surface area is 220 Å². The van der Waals surface area contributed by atoms with E-state index < -0.39 is 0 Å². The molecule has 4 nitrogen and oxygen atoms in total. The molecule has 0 saturated carbocycles. The molecule has 4 aromatic carbocycles. The van der Waals surface area contributed by atoms with Crippen LogP contribution in [0.4, 0.5) is 17.1 Å². The number of thioether (sulfide) groups is 2. The van der Waals surface area contributed by atoms with Crippen LogP contribution in [0.5, 0.6) is 0 Å². The van der Waals surface area contributed by atoms with Crippen LogP contribution >= 0.6 is 23.5 Å². The smallest absolute Gasteiger partial charge is 0.109 e. The van der Waals surface area contributed by atoms with Gasteiger partial charge >= 0.3 is 0 Å². The van der Waals surface area contributed by atoms with Crippen molar-refractivity contribution >= 4 is 61.4 Å². The normalized spacial score (nSPS) is 14.9. The first kappa shape index (κ1) is 23.3. The minimum Gasteiger partial charge on any atom is -0.385 e. The molecule has 4 aromatic rings. The van der Waals surface area contributed by atoms with Crippen molar-refractivity contribution in [2.45, 2.75) is 42.5 Å². The lowest BCUT2D eigenvalue weighted by Crippen LogP contribution is -2.09. The van der Waals surface area contributed by atoms with Gasteiger partial charge in [-0.15, -0.1) is 0 Å². The van der Waals surface area contributed by atoms with E-state index in [1.165, 1.54) is 26.1 Å². The summed E-state index contributed by atoms with van der Waals surface area (Å²) in [5.41, 5.74) is 12.8. The van der Waals surface area contributed by atoms with Gasteiger partial charge in [-0.25, -0.2) is 9.98 Å². The van der Waals surface area contributed by atoms with Gasteiger partial charge in [0.05, 0.1) is 11.4 Å². The summed E-state index contributed by atoms with van der Waals surface area (Å²) in [5.74, 6) is 0. The first-order valence-corrected chi connectivity index (χ1v) is 14.1. The van der Waals surface area contributed by atoms with Crippen molar-refractivity contribution in [1.82, 2.24) is 0 Å². The predicted octanol–water partition coefficient (Wildman–Crippen LogP) is 8.44. The van der Waals surface area contributed by atoms with Crippen LogP contribution in [0.15, 0.2) is 92.6 Å². The van der Waals surface area contributed by atoms with E-state index in [0.29, 0.717) is 0 Å². The van der Waals surface area contributed by atoms with E-state index in [4.69, 9.17) is 15.7 Å². The molecular formula is C30H28N4S2. The van der Waals surface area contributed by atoms with E-state index in [2.05, 4.69) is 92.0 Å². The fourth-order valence-electron chi connectivity index (χ4n) is 4.58. The molecule has 36 heavy (non-hydrogen) atoms. The Bertz CT molecular complexity index is 1510. The lowest BCUT2D eigenvalue weighted by atomic mass is 10.0. The highest BCUT2D eigenvalue weighted by atomic mass is 32.2. The van der Waals surface area contributed by atoms with E-state index >= 15 is 0 Å². The summed E-state index contributed by atoms with van der Waals surface area (Å²) in [5, 5.41) is 7.91. The molecule has 0 saturated heterocycles. The molecule has 2 heterocycles. The second kappa shape index (κ2) is 9.77. The highest BCUT2D eigenvalue weighted by molar-refractivity contribution is 8.15. The Morgan fingerprint density at radius 3 is 1.75 bits per heavy atom. The zero-order valence-electron chi connectivity index (χ0n) is 20.4. The summed E-state index contributed by atoms with van der Waals surface area (Å²) in [6.07, 6.45) is 2.04. The molecule has 0 spiro atoms. The average Bonchev–Trinajstić information content (AvgIpc) is 2.94. The highest BCUT2D eigenvalue weighted by Crippen LogP contribution is 2.50. The third-order valence-electron chi connectivity index (χ3n) is 6.63. The monoisotopic (exact) mass is 508 g/mol. The van der Waals surface area contributed by atoms with Crippen molar-refractivity contribution in [2.75, 3.05) is 11.9 Å². The lowest BCUT2D eigenvalue weighted by Gasteiger charge is -2.22. The van der Waals surface area contributed by atoms with Crippen molar-refractivity contribution in [3.63, 3.8) is 0 Å². The van der Waals surface area contributed by atoms with Gasteiger partial charge in [0.25, 0.3) is 0 Å². The van der Waals surface area contributed by atoms with Crippen LogP contribution in [0.2, 0.25) is 0 Å². The van der Waals surface area contributed by atoms with Crippen LogP contribution in [0.3, 0.4) is 0 Å². The summed E-state index contributed by atoms with van der Waals surface area (Å²) < 4.78 is 0. The number of hydrogen-bond donors (Lipinski definition) is 2. The Balaban J connectivity index is 1.35. The zero-order chi connectivity index (χ0) is 24.6. The fourth-order valence-corrected chi connectivity index (χ4v) is 6.68. The van der Waals surface area contributed by atoms with Gasteiger partial charge in [0.15, 0.2) is 0 Å². The van der Waals surface area contributed by atoms with Crippen molar-refractivity contribution in [3.8, 4) is 0 Å². The molecule has 6 rings (SSSR count). The van der Waals surface area contributed by atoms with Crippen molar-refractivity contribution < 1.29 is 0 Å². The molecule has 0 aromatic heterocycles. The Kier molecular flexibility index (Phi) is 6.34. The second-order valence-electron chi connectivity index (χ2n) is 9.09. The first-order chi connectivity index (χ1) is 17.6. The minimum atomic E-state index is 0.0791. The predicted molar refractivity (Wildman–Crippen MR) is 157 cm³/mol. The van der Waals surface area contributed by atoms with Crippen LogP contribution < -0.4 is 11.1 Å². The molecule has 2 aliphatic heterocycles. The lowest BCUT2D eigenvalue weighted by molar-refractivity contribution is 0.699. The molecule has 0 bridgehead atoms. The van der Waals surface area contributed by atoms with Gasteiger partial charge in [0.1, 0.15) is 10.1 Å². The molecule has 0 aliphatic carbocycles. The quantitative estimate of drug-likeness (QED) is 0.263. The summed E-state index contributed by atoms with van der Waals surface area (Å²) in [4.78, 5) is 12.6. The number of rotatable bonds is 7. The van der Waals surface area contributed by atoms with Gasteiger partial charge in [0.2, 0.25) is 0 Å². The number of anilines is 1. The van der Waals surface area contributed by atoms with Crippen LogP contribution in [0.1, 0.15) is 49.4 Å². The standard InChI is InChI=1S/C30H28N4S2/c1-3-17-32-21-11-9-20(10-12-21)30-34-24-14-15-25-27-23(13-16-26(36-30)28(24)27)33-29(35-25)19-7-5-18(6-8-19)22(31)4-2/h5-16,22,32H,3-4,17,31H2,1-2H3. The van der Waals surface area contributed by atoms with Gasteiger partial charge < -0.3 is 11.1 Å². The number of hydrogen-bond acceptors (Lipinski definition) is 6. The van der Waals surface area contributed by atoms with E-state index in [0.717, 1.165) is 57.7 Å². The number of aliphatic imine (C=N–C) groups is 2.